The van der Waals surface area contributed by atoms with Crippen molar-refractivity contribution in [1.29, 1.82) is 0 Å². The Balaban J connectivity index is 2.15. The van der Waals surface area contributed by atoms with Gasteiger partial charge < -0.3 is 14.4 Å². The molecule has 0 saturated carbocycles. The lowest BCUT2D eigenvalue weighted by atomic mass is 10.3. The molecular formula is C11H17N3O2. The predicted molar refractivity (Wildman–Crippen MR) is 60.4 cm³/mol. The lowest BCUT2D eigenvalue weighted by Gasteiger charge is -2.33. The van der Waals surface area contributed by atoms with Crippen LogP contribution in [0, 0.1) is 0 Å². The van der Waals surface area contributed by atoms with Crippen molar-refractivity contribution in [3.63, 3.8) is 0 Å². The molecule has 0 aromatic carbocycles. The summed E-state index contributed by atoms with van der Waals surface area (Å²) in [7, 11) is 1.67. The van der Waals surface area contributed by atoms with Crippen molar-refractivity contribution < 1.29 is 9.47 Å². The van der Waals surface area contributed by atoms with Crippen molar-refractivity contribution in [2.45, 2.75) is 19.6 Å². The SMILES string of the molecule is COCc1ccnc(N2CCOC[C@H]2C)n1. The van der Waals surface area contributed by atoms with Gasteiger partial charge in [-0.1, -0.05) is 0 Å². The highest BCUT2D eigenvalue weighted by molar-refractivity contribution is 5.32. The maximum atomic E-state index is 5.39. The maximum Gasteiger partial charge on any atom is 0.225 e. The summed E-state index contributed by atoms with van der Waals surface area (Å²) in [5.74, 6) is 0.769. The minimum absolute atomic E-state index is 0.326. The Bertz CT molecular complexity index is 346. The van der Waals surface area contributed by atoms with E-state index in [0.29, 0.717) is 12.6 Å². The molecule has 16 heavy (non-hydrogen) atoms. The van der Waals surface area contributed by atoms with Crippen LogP contribution in [-0.2, 0) is 16.1 Å². The summed E-state index contributed by atoms with van der Waals surface area (Å²) in [6, 6.07) is 2.20. The first-order valence-corrected chi connectivity index (χ1v) is 5.46. The summed E-state index contributed by atoms with van der Waals surface area (Å²) in [5.41, 5.74) is 0.909. The molecule has 1 fully saturated rings. The molecule has 2 rings (SSSR count). The first-order valence-electron chi connectivity index (χ1n) is 5.46. The molecule has 2 heterocycles. The van der Waals surface area contributed by atoms with Crippen molar-refractivity contribution in [2.75, 3.05) is 31.8 Å². The standard InChI is InChI=1S/C11H17N3O2/c1-9-7-16-6-5-14(9)11-12-4-3-10(13-11)8-15-2/h3-4,9H,5-8H2,1-2H3/t9-/m1/s1. The first kappa shape index (κ1) is 11.3. The normalized spacial score (nSPS) is 21.1. The van der Waals surface area contributed by atoms with E-state index in [9.17, 15) is 0 Å². The molecule has 1 aliphatic heterocycles. The van der Waals surface area contributed by atoms with Gasteiger partial charge in [0, 0.05) is 19.9 Å². The Morgan fingerprint density at radius 1 is 1.62 bits per heavy atom. The van der Waals surface area contributed by atoms with Gasteiger partial charge in [-0.05, 0) is 13.0 Å². The van der Waals surface area contributed by atoms with Crippen LogP contribution in [0.5, 0.6) is 0 Å². The quantitative estimate of drug-likeness (QED) is 0.760. The van der Waals surface area contributed by atoms with Gasteiger partial charge in [0.15, 0.2) is 0 Å². The number of anilines is 1. The molecule has 1 aromatic rings. The Labute approximate surface area is 95.4 Å². The van der Waals surface area contributed by atoms with Crippen LogP contribution in [-0.4, -0.2) is 42.9 Å². The smallest absolute Gasteiger partial charge is 0.225 e. The third-order valence-corrected chi connectivity index (χ3v) is 2.62. The van der Waals surface area contributed by atoms with Gasteiger partial charge in [0.25, 0.3) is 0 Å². The summed E-state index contributed by atoms with van der Waals surface area (Å²) < 4.78 is 10.5. The Hall–Kier alpha value is -1.20. The summed E-state index contributed by atoms with van der Waals surface area (Å²) in [5, 5.41) is 0. The number of methoxy groups -OCH3 is 1. The molecule has 5 heteroatoms. The van der Waals surface area contributed by atoms with Gasteiger partial charge in [0.05, 0.1) is 31.6 Å². The van der Waals surface area contributed by atoms with Crippen molar-refractivity contribution in [2.24, 2.45) is 0 Å². The van der Waals surface area contributed by atoms with E-state index < -0.39 is 0 Å². The summed E-state index contributed by atoms with van der Waals surface area (Å²) in [6.45, 7) is 4.96. The average Bonchev–Trinajstić information content (AvgIpc) is 2.30. The molecule has 0 aliphatic carbocycles. The van der Waals surface area contributed by atoms with Crippen LogP contribution < -0.4 is 4.90 Å². The predicted octanol–water partition coefficient (Wildman–Crippen LogP) is 0.848. The minimum Gasteiger partial charge on any atom is -0.378 e. The van der Waals surface area contributed by atoms with Crippen LogP contribution in [0.25, 0.3) is 0 Å². The maximum absolute atomic E-state index is 5.39. The molecule has 0 radical (unpaired) electrons. The fraction of sp³-hybridized carbons (Fsp3) is 0.636. The number of nitrogens with zero attached hydrogens (tertiary/aromatic N) is 3. The molecule has 0 N–H and O–H groups in total. The average molecular weight is 223 g/mol. The molecule has 5 nitrogen and oxygen atoms in total. The van der Waals surface area contributed by atoms with E-state index in [1.807, 2.05) is 6.07 Å². The van der Waals surface area contributed by atoms with Crippen molar-refractivity contribution in [1.82, 2.24) is 9.97 Å². The number of hydrogen-bond acceptors (Lipinski definition) is 5. The summed E-state index contributed by atoms with van der Waals surface area (Å²) in [6.07, 6.45) is 1.78. The van der Waals surface area contributed by atoms with E-state index in [0.717, 1.165) is 31.4 Å². The van der Waals surface area contributed by atoms with Crippen LogP contribution in [0.4, 0.5) is 5.95 Å². The Morgan fingerprint density at radius 3 is 3.25 bits per heavy atom. The molecule has 88 valence electrons. The number of hydrogen-bond donors (Lipinski definition) is 0. The van der Waals surface area contributed by atoms with Gasteiger partial charge in [-0.3, -0.25) is 0 Å². The van der Waals surface area contributed by atoms with E-state index >= 15 is 0 Å². The summed E-state index contributed by atoms with van der Waals surface area (Å²) >= 11 is 0. The zero-order valence-electron chi connectivity index (χ0n) is 9.72. The van der Waals surface area contributed by atoms with Gasteiger partial charge in [-0.15, -0.1) is 0 Å². The van der Waals surface area contributed by atoms with Gasteiger partial charge in [0.1, 0.15) is 0 Å². The topological polar surface area (TPSA) is 47.5 Å². The molecule has 0 unspecified atom stereocenters. The highest BCUT2D eigenvalue weighted by Gasteiger charge is 2.21. The highest BCUT2D eigenvalue weighted by atomic mass is 16.5. The third kappa shape index (κ3) is 2.48. The van der Waals surface area contributed by atoms with Crippen LogP contribution in [0.3, 0.4) is 0 Å². The number of aromatic nitrogens is 2. The van der Waals surface area contributed by atoms with Crippen LogP contribution in [0.15, 0.2) is 12.3 Å². The highest BCUT2D eigenvalue weighted by Crippen LogP contribution is 2.14. The lowest BCUT2D eigenvalue weighted by Crippen LogP contribution is -2.44. The second-order valence-corrected chi connectivity index (χ2v) is 3.90. The monoisotopic (exact) mass is 223 g/mol. The lowest BCUT2D eigenvalue weighted by molar-refractivity contribution is 0.0980. The van der Waals surface area contributed by atoms with Gasteiger partial charge in [0.2, 0.25) is 5.95 Å². The number of ether oxygens (including phenoxy) is 2. The molecule has 0 amide bonds. The zero-order chi connectivity index (χ0) is 11.4. The van der Waals surface area contributed by atoms with Crippen molar-refractivity contribution >= 4 is 5.95 Å². The number of morpholine rings is 1. The van der Waals surface area contributed by atoms with Gasteiger partial charge in [-0.2, -0.15) is 0 Å². The summed E-state index contributed by atoms with van der Waals surface area (Å²) in [4.78, 5) is 10.9. The van der Waals surface area contributed by atoms with Crippen molar-refractivity contribution in [3.8, 4) is 0 Å². The molecule has 0 spiro atoms. The third-order valence-electron chi connectivity index (χ3n) is 2.62. The van der Waals surface area contributed by atoms with E-state index in [1.54, 1.807) is 13.3 Å². The fourth-order valence-electron chi connectivity index (χ4n) is 1.78. The number of rotatable bonds is 3. The van der Waals surface area contributed by atoms with Gasteiger partial charge >= 0.3 is 0 Å². The van der Waals surface area contributed by atoms with Crippen LogP contribution in [0.1, 0.15) is 12.6 Å². The molecule has 0 bridgehead atoms. The second kappa shape index (κ2) is 5.23. The van der Waals surface area contributed by atoms with Crippen molar-refractivity contribution in [3.05, 3.63) is 18.0 Å². The van der Waals surface area contributed by atoms with Crippen LogP contribution >= 0.6 is 0 Å². The molecule has 1 atom stereocenters. The Morgan fingerprint density at radius 2 is 2.50 bits per heavy atom. The molecule has 1 aliphatic rings. The second-order valence-electron chi connectivity index (χ2n) is 3.90. The van der Waals surface area contributed by atoms with E-state index in [4.69, 9.17) is 9.47 Å². The van der Waals surface area contributed by atoms with E-state index in [-0.39, 0.29) is 0 Å². The van der Waals surface area contributed by atoms with Crippen LogP contribution in [0.2, 0.25) is 0 Å². The fourth-order valence-corrected chi connectivity index (χ4v) is 1.78. The minimum atomic E-state index is 0.326. The van der Waals surface area contributed by atoms with E-state index in [1.165, 1.54) is 0 Å². The zero-order valence-corrected chi connectivity index (χ0v) is 9.72. The van der Waals surface area contributed by atoms with E-state index in [2.05, 4.69) is 21.8 Å². The molecule has 1 saturated heterocycles. The Kier molecular flexibility index (Phi) is 3.69. The van der Waals surface area contributed by atoms with Gasteiger partial charge in [-0.25, -0.2) is 9.97 Å². The first-order chi connectivity index (χ1) is 7.81. The molecule has 1 aromatic heterocycles. The largest absolute Gasteiger partial charge is 0.378 e. The molecular weight excluding hydrogens is 206 g/mol.